The van der Waals surface area contributed by atoms with Gasteiger partial charge in [-0.2, -0.15) is 0 Å². The molecule has 0 spiro atoms. The minimum Gasteiger partial charge on any atom is -0.486 e. The van der Waals surface area contributed by atoms with Gasteiger partial charge in [0.2, 0.25) is 5.91 Å². The van der Waals surface area contributed by atoms with Crippen molar-refractivity contribution in [3.8, 4) is 5.75 Å². The number of aromatic nitrogens is 1. The molecule has 0 aliphatic heterocycles. The number of nitrogens with one attached hydrogen (secondary N) is 1. The lowest BCUT2D eigenvalue weighted by Gasteiger charge is -2.10. The van der Waals surface area contributed by atoms with Gasteiger partial charge in [-0.15, -0.1) is 24.8 Å². The molecule has 24 heavy (non-hydrogen) atoms. The quantitative estimate of drug-likeness (QED) is 0.750. The molecule has 8 heteroatoms. The fourth-order valence-electron chi connectivity index (χ4n) is 1.82. The molecule has 1 amide bonds. The van der Waals surface area contributed by atoms with E-state index in [2.05, 4.69) is 10.3 Å². The van der Waals surface area contributed by atoms with Crippen molar-refractivity contribution in [3.63, 3.8) is 0 Å². The van der Waals surface area contributed by atoms with Crippen LogP contribution in [0.4, 0.5) is 5.69 Å². The minimum atomic E-state index is -0.0799. The minimum absolute atomic E-state index is 0. The zero-order valence-electron chi connectivity index (χ0n) is 12.9. The Kier molecular flexibility index (Phi) is 11.2. The van der Waals surface area contributed by atoms with E-state index in [0.717, 1.165) is 5.69 Å². The number of benzene rings is 1. The van der Waals surface area contributed by atoms with Crippen LogP contribution >= 0.6 is 36.4 Å². The third-order valence-electron chi connectivity index (χ3n) is 2.93. The van der Waals surface area contributed by atoms with Crippen LogP contribution in [0.15, 0.2) is 42.6 Å². The summed E-state index contributed by atoms with van der Waals surface area (Å²) in [5.74, 6) is 0.468. The maximum atomic E-state index is 11.6. The number of nitrogens with zero attached hydrogens (tertiary/aromatic N) is 1. The molecule has 3 N–H and O–H groups in total. The van der Waals surface area contributed by atoms with Crippen molar-refractivity contribution in [2.45, 2.75) is 19.4 Å². The molecule has 5 nitrogen and oxygen atoms in total. The van der Waals surface area contributed by atoms with E-state index in [1.165, 1.54) is 0 Å². The predicted molar refractivity (Wildman–Crippen MR) is 101 cm³/mol. The van der Waals surface area contributed by atoms with Crippen molar-refractivity contribution in [3.05, 3.63) is 53.3 Å². The summed E-state index contributed by atoms with van der Waals surface area (Å²) >= 11 is 6.17. The molecule has 0 unspecified atom stereocenters. The highest BCUT2D eigenvalue weighted by molar-refractivity contribution is 6.32. The van der Waals surface area contributed by atoms with Crippen molar-refractivity contribution in [2.75, 3.05) is 11.9 Å². The highest BCUT2D eigenvalue weighted by Gasteiger charge is 2.06. The molecule has 0 radical (unpaired) electrons. The predicted octanol–water partition coefficient (Wildman–Crippen LogP) is 3.84. The zero-order chi connectivity index (χ0) is 15.8. The van der Waals surface area contributed by atoms with Gasteiger partial charge in [-0.25, -0.2) is 0 Å². The summed E-state index contributed by atoms with van der Waals surface area (Å²) in [5, 5.41) is 3.21. The van der Waals surface area contributed by atoms with Crippen molar-refractivity contribution in [1.82, 2.24) is 4.98 Å². The first kappa shape index (κ1) is 22.5. The Morgan fingerprint density at radius 2 is 2.04 bits per heavy atom. The van der Waals surface area contributed by atoms with Crippen molar-refractivity contribution in [2.24, 2.45) is 5.73 Å². The standard InChI is InChI=1S/C16H18ClN3O2.2ClH/c17-14-10-12(20-16(21)5-3-8-18)6-7-15(14)22-11-13-4-1-2-9-19-13;;/h1-2,4,6-7,9-10H,3,5,8,11,18H2,(H,20,21);2*1H. The Labute approximate surface area is 158 Å². The smallest absolute Gasteiger partial charge is 0.224 e. The number of carbonyl (C=O) groups excluding carboxylic acids is 1. The topological polar surface area (TPSA) is 77.2 Å². The normalized spacial score (nSPS) is 9.42. The third-order valence-corrected chi connectivity index (χ3v) is 3.22. The van der Waals surface area contributed by atoms with Crippen molar-refractivity contribution in [1.29, 1.82) is 0 Å². The van der Waals surface area contributed by atoms with Crippen molar-refractivity contribution < 1.29 is 9.53 Å². The molecule has 132 valence electrons. The van der Waals surface area contributed by atoms with Crippen LogP contribution in [0.1, 0.15) is 18.5 Å². The van der Waals surface area contributed by atoms with E-state index < -0.39 is 0 Å². The van der Waals surface area contributed by atoms with E-state index in [1.807, 2.05) is 18.2 Å². The number of pyridine rings is 1. The lowest BCUT2D eigenvalue weighted by molar-refractivity contribution is -0.116. The molecule has 0 saturated heterocycles. The second-order valence-electron chi connectivity index (χ2n) is 4.70. The molecule has 2 rings (SSSR count). The van der Waals surface area contributed by atoms with Gasteiger partial charge in [0.15, 0.2) is 0 Å². The number of hydrogen-bond donors (Lipinski definition) is 2. The second-order valence-corrected chi connectivity index (χ2v) is 5.10. The molecule has 0 fully saturated rings. The number of hydrogen-bond acceptors (Lipinski definition) is 4. The van der Waals surface area contributed by atoms with Gasteiger partial charge in [0.05, 0.1) is 10.7 Å². The summed E-state index contributed by atoms with van der Waals surface area (Å²) in [6, 6.07) is 10.8. The van der Waals surface area contributed by atoms with E-state index in [1.54, 1.807) is 24.4 Å². The fraction of sp³-hybridized carbons (Fsp3) is 0.250. The molecule has 1 aromatic heterocycles. The van der Waals surface area contributed by atoms with E-state index in [-0.39, 0.29) is 30.7 Å². The molecule has 0 saturated carbocycles. The van der Waals surface area contributed by atoms with Gasteiger partial charge in [-0.3, -0.25) is 9.78 Å². The van der Waals surface area contributed by atoms with Crippen LogP contribution in [0.3, 0.4) is 0 Å². The van der Waals surface area contributed by atoms with Crippen molar-refractivity contribution >= 4 is 48.0 Å². The Bertz CT molecular complexity index is 627. The number of amides is 1. The number of rotatable bonds is 7. The van der Waals surface area contributed by atoms with Crippen LogP contribution in [0.25, 0.3) is 0 Å². The first-order valence-electron chi connectivity index (χ1n) is 7.01. The Hall–Kier alpha value is -1.53. The molecule has 0 bridgehead atoms. The Morgan fingerprint density at radius 3 is 2.67 bits per heavy atom. The average Bonchev–Trinajstić information content (AvgIpc) is 2.53. The Morgan fingerprint density at radius 1 is 1.25 bits per heavy atom. The maximum absolute atomic E-state index is 11.6. The van der Waals surface area contributed by atoms with Gasteiger partial charge in [-0.05, 0) is 43.3 Å². The summed E-state index contributed by atoms with van der Waals surface area (Å²) in [5.41, 5.74) is 6.83. The first-order chi connectivity index (χ1) is 10.7. The van der Waals surface area contributed by atoms with Crippen LogP contribution in [-0.4, -0.2) is 17.4 Å². The number of ether oxygens (including phenoxy) is 1. The summed E-state index contributed by atoms with van der Waals surface area (Å²) in [6.45, 7) is 0.831. The van der Waals surface area contributed by atoms with Crippen LogP contribution in [0.2, 0.25) is 5.02 Å². The van der Waals surface area contributed by atoms with Crippen LogP contribution in [0.5, 0.6) is 5.75 Å². The molecule has 0 atom stereocenters. The lowest BCUT2D eigenvalue weighted by atomic mass is 10.2. The van der Waals surface area contributed by atoms with Gasteiger partial charge < -0.3 is 15.8 Å². The maximum Gasteiger partial charge on any atom is 0.224 e. The highest BCUT2D eigenvalue weighted by atomic mass is 35.5. The molecular weight excluding hydrogens is 373 g/mol. The molecule has 2 aromatic rings. The molecule has 1 aromatic carbocycles. The Balaban J connectivity index is 0.00000264. The van der Waals surface area contributed by atoms with Gasteiger partial charge in [0.1, 0.15) is 12.4 Å². The number of nitrogens with two attached hydrogens (primary N) is 1. The van der Waals surface area contributed by atoms with Gasteiger partial charge >= 0.3 is 0 Å². The average molecular weight is 393 g/mol. The zero-order valence-corrected chi connectivity index (χ0v) is 15.3. The lowest BCUT2D eigenvalue weighted by Crippen LogP contribution is -2.13. The van der Waals surface area contributed by atoms with E-state index >= 15 is 0 Å². The summed E-state index contributed by atoms with van der Waals surface area (Å²) in [7, 11) is 0. The van der Waals surface area contributed by atoms with Crippen LogP contribution in [0, 0.1) is 0 Å². The summed E-state index contributed by atoms with van der Waals surface area (Å²) in [6.07, 6.45) is 2.76. The first-order valence-corrected chi connectivity index (χ1v) is 7.39. The highest BCUT2D eigenvalue weighted by Crippen LogP contribution is 2.28. The van der Waals surface area contributed by atoms with E-state index in [0.29, 0.717) is 42.5 Å². The third kappa shape index (κ3) is 7.36. The van der Waals surface area contributed by atoms with Crippen LogP contribution in [-0.2, 0) is 11.4 Å². The monoisotopic (exact) mass is 391 g/mol. The van der Waals surface area contributed by atoms with E-state index in [4.69, 9.17) is 22.1 Å². The molecule has 1 heterocycles. The molecular formula is C16H20Cl3N3O2. The molecule has 0 aliphatic carbocycles. The van der Waals surface area contributed by atoms with Gasteiger partial charge in [-0.1, -0.05) is 17.7 Å². The second kappa shape index (κ2) is 11.9. The SMILES string of the molecule is Cl.Cl.NCCCC(=O)Nc1ccc(OCc2ccccn2)c(Cl)c1. The number of halogens is 3. The number of carbonyl (C=O) groups is 1. The fourth-order valence-corrected chi connectivity index (χ4v) is 2.05. The van der Waals surface area contributed by atoms with Crippen LogP contribution < -0.4 is 15.8 Å². The largest absolute Gasteiger partial charge is 0.486 e. The van der Waals surface area contributed by atoms with Gasteiger partial charge in [0.25, 0.3) is 0 Å². The van der Waals surface area contributed by atoms with Gasteiger partial charge in [0, 0.05) is 18.3 Å². The number of anilines is 1. The van der Waals surface area contributed by atoms with E-state index in [9.17, 15) is 4.79 Å². The summed E-state index contributed by atoms with van der Waals surface area (Å²) in [4.78, 5) is 15.8. The molecule has 0 aliphatic rings. The summed E-state index contributed by atoms with van der Waals surface area (Å²) < 4.78 is 5.62.